The molecule has 2 atom stereocenters. The maximum absolute atomic E-state index is 11.9. The van der Waals surface area contributed by atoms with Crippen LogP contribution in [0.4, 0.5) is 0 Å². The van der Waals surface area contributed by atoms with E-state index in [1.54, 1.807) is 12.1 Å². The van der Waals surface area contributed by atoms with E-state index in [-0.39, 0.29) is 36.4 Å². The predicted octanol–water partition coefficient (Wildman–Crippen LogP) is 1.61. The van der Waals surface area contributed by atoms with Gasteiger partial charge in [0, 0.05) is 29.7 Å². The zero-order valence-electron chi connectivity index (χ0n) is 13.3. The van der Waals surface area contributed by atoms with Gasteiger partial charge in [-0.3, -0.25) is 9.59 Å². The highest BCUT2D eigenvalue weighted by Crippen LogP contribution is 2.18. The van der Waals surface area contributed by atoms with Gasteiger partial charge in [-0.25, -0.2) is 0 Å². The van der Waals surface area contributed by atoms with Gasteiger partial charge in [-0.15, -0.1) is 12.4 Å². The molecule has 4 N–H and O–H groups in total. The molecule has 0 aromatic heterocycles. The Labute approximate surface area is 156 Å². The van der Waals surface area contributed by atoms with Gasteiger partial charge in [0.2, 0.25) is 5.91 Å². The van der Waals surface area contributed by atoms with E-state index in [1.807, 2.05) is 12.1 Å². The van der Waals surface area contributed by atoms with Crippen molar-refractivity contribution in [2.24, 2.45) is 5.73 Å². The molecule has 1 aromatic rings. The van der Waals surface area contributed by atoms with Gasteiger partial charge >= 0.3 is 0 Å². The summed E-state index contributed by atoms with van der Waals surface area (Å²) in [6.45, 7) is 1.46. The van der Waals surface area contributed by atoms with Crippen LogP contribution in [-0.4, -0.2) is 43.7 Å². The van der Waals surface area contributed by atoms with Crippen LogP contribution in [0.2, 0.25) is 0 Å². The number of nitrogens with one attached hydrogen (secondary N) is 2. The van der Waals surface area contributed by atoms with E-state index in [1.165, 1.54) is 0 Å². The summed E-state index contributed by atoms with van der Waals surface area (Å²) in [5, 5.41) is 5.66. The van der Waals surface area contributed by atoms with E-state index in [0.29, 0.717) is 38.0 Å². The average Bonchev–Trinajstić information content (AvgIpc) is 3.03. The number of hydrogen-bond acceptors (Lipinski definition) is 4. The quantitative estimate of drug-likeness (QED) is 0.584. The lowest BCUT2D eigenvalue weighted by atomic mass is 10.2. The van der Waals surface area contributed by atoms with E-state index < -0.39 is 0 Å². The fraction of sp³-hybridized carbons (Fsp3) is 0.500. The van der Waals surface area contributed by atoms with Crippen molar-refractivity contribution in [2.75, 3.05) is 19.6 Å². The minimum absolute atomic E-state index is 0. The van der Waals surface area contributed by atoms with Crippen molar-refractivity contribution in [3.8, 4) is 0 Å². The average molecular weight is 421 g/mol. The zero-order valence-corrected chi connectivity index (χ0v) is 15.7. The lowest BCUT2D eigenvalue weighted by molar-refractivity contribution is -0.131. The second-order valence-electron chi connectivity index (χ2n) is 5.47. The molecule has 1 aromatic carbocycles. The highest BCUT2D eigenvalue weighted by atomic mass is 79.9. The third-order valence-electron chi connectivity index (χ3n) is 3.69. The Kier molecular flexibility index (Phi) is 9.28. The summed E-state index contributed by atoms with van der Waals surface area (Å²) in [5.74, 6) is -0.221. The number of ether oxygens (including phenoxy) is 1. The summed E-state index contributed by atoms with van der Waals surface area (Å²) in [6.07, 6.45) is 1.82. The standard InChI is InChI=1S/C16H22BrN3O3.ClH/c17-12-4-1-3-11(9-12)15(21)19-7-2-8-20-16(22)14-6-5-13(10-18)23-14;/h1,3-4,9,13-14H,2,5-8,10,18H2,(H,19,21)(H,20,22);1H/t13-,14+;/m1./s1. The van der Waals surface area contributed by atoms with Crippen molar-refractivity contribution in [1.82, 2.24) is 10.6 Å². The number of hydrogen-bond donors (Lipinski definition) is 3. The monoisotopic (exact) mass is 419 g/mol. The molecule has 0 spiro atoms. The molecular formula is C16H23BrClN3O3. The van der Waals surface area contributed by atoms with Gasteiger partial charge in [0.05, 0.1) is 6.10 Å². The molecule has 134 valence electrons. The molecule has 0 unspecified atom stereocenters. The van der Waals surface area contributed by atoms with Crippen molar-refractivity contribution in [3.63, 3.8) is 0 Å². The third-order valence-corrected chi connectivity index (χ3v) is 4.18. The highest BCUT2D eigenvalue weighted by molar-refractivity contribution is 9.10. The molecule has 6 nitrogen and oxygen atoms in total. The van der Waals surface area contributed by atoms with Gasteiger partial charge in [-0.1, -0.05) is 22.0 Å². The summed E-state index contributed by atoms with van der Waals surface area (Å²) in [6, 6.07) is 7.21. The van der Waals surface area contributed by atoms with Gasteiger partial charge < -0.3 is 21.1 Å². The number of benzene rings is 1. The second kappa shape index (κ2) is 10.7. The largest absolute Gasteiger partial charge is 0.364 e. The van der Waals surface area contributed by atoms with E-state index in [4.69, 9.17) is 10.5 Å². The van der Waals surface area contributed by atoms with Crippen molar-refractivity contribution in [2.45, 2.75) is 31.5 Å². The SMILES string of the molecule is Cl.NC[C@H]1CC[C@@H](C(=O)NCCCNC(=O)c2cccc(Br)c2)O1. The lowest BCUT2D eigenvalue weighted by Gasteiger charge is -2.12. The smallest absolute Gasteiger partial charge is 0.251 e. The molecule has 1 fully saturated rings. The molecule has 2 rings (SSSR count). The van der Waals surface area contributed by atoms with Crippen LogP contribution >= 0.6 is 28.3 Å². The highest BCUT2D eigenvalue weighted by Gasteiger charge is 2.29. The molecule has 1 aliphatic rings. The number of halogens is 2. The Morgan fingerprint density at radius 2 is 2.00 bits per heavy atom. The van der Waals surface area contributed by atoms with Crippen LogP contribution in [0.15, 0.2) is 28.7 Å². The first-order valence-corrected chi connectivity index (χ1v) is 8.56. The molecule has 24 heavy (non-hydrogen) atoms. The lowest BCUT2D eigenvalue weighted by Crippen LogP contribution is -2.37. The maximum atomic E-state index is 11.9. The van der Waals surface area contributed by atoms with Crippen molar-refractivity contribution < 1.29 is 14.3 Å². The number of amides is 2. The first-order valence-electron chi connectivity index (χ1n) is 7.77. The number of nitrogens with two attached hydrogens (primary N) is 1. The maximum Gasteiger partial charge on any atom is 0.251 e. The fourth-order valence-electron chi connectivity index (χ4n) is 2.42. The third kappa shape index (κ3) is 6.39. The first kappa shape index (κ1) is 20.9. The van der Waals surface area contributed by atoms with Crippen molar-refractivity contribution in [3.05, 3.63) is 34.3 Å². The molecule has 0 saturated carbocycles. The summed E-state index contributed by atoms with van der Waals surface area (Å²) < 4.78 is 6.39. The van der Waals surface area contributed by atoms with Crippen LogP contribution in [0.5, 0.6) is 0 Å². The van der Waals surface area contributed by atoms with Crippen LogP contribution in [-0.2, 0) is 9.53 Å². The van der Waals surface area contributed by atoms with E-state index >= 15 is 0 Å². The Bertz CT molecular complexity index is 559. The summed E-state index contributed by atoms with van der Waals surface area (Å²) >= 11 is 3.33. The van der Waals surface area contributed by atoms with Gasteiger partial charge in [-0.2, -0.15) is 0 Å². The first-order chi connectivity index (χ1) is 11.1. The van der Waals surface area contributed by atoms with E-state index in [2.05, 4.69) is 26.6 Å². The Morgan fingerprint density at radius 1 is 1.25 bits per heavy atom. The molecular weight excluding hydrogens is 398 g/mol. The molecule has 0 bridgehead atoms. The van der Waals surface area contributed by atoms with Gasteiger partial charge in [0.1, 0.15) is 6.10 Å². The van der Waals surface area contributed by atoms with Crippen LogP contribution in [0, 0.1) is 0 Å². The Balaban J connectivity index is 0.00000288. The molecule has 8 heteroatoms. The summed E-state index contributed by atoms with van der Waals surface area (Å²) in [4.78, 5) is 23.8. The van der Waals surface area contributed by atoms with Gasteiger partial charge in [0.15, 0.2) is 0 Å². The normalized spacial score (nSPS) is 19.4. The predicted molar refractivity (Wildman–Crippen MR) is 98.3 cm³/mol. The topological polar surface area (TPSA) is 93.5 Å². The van der Waals surface area contributed by atoms with E-state index in [0.717, 1.165) is 10.9 Å². The van der Waals surface area contributed by atoms with Gasteiger partial charge in [0.25, 0.3) is 5.91 Å². The minimum atomic E-state index is -0.389. The number of rotatable bonds is 7. The Hall–Kier alpha value is -1.15. The molecule has 1 heterocycles. The summed E-state index contributed by atoms with van der Waals surface area (Å²) in [5.41, 5.74) is 6.13. The van der Waals surface area contributed by atoms with Crippen LogP contribution < -0.4 is 16.4 Å². The molecule has 1 aliphatic heterocycles. The number of carbonyl (C=O) groups excluding carboxylic acids is 2. The molecule has 1 saturated heterocycles. The van der Waals surface area contributed by atoms with E-state index in [9.17, 15) is 9.59 Å². The van der Waals surface area contributed by atoms with Crippen LogP contribution in [0.3, 0.4) is 0 Å². The molecule has 0 aliphatic carbocycles. The van der Waals surface area contributed by atoms with Crippen LogP contribution in [0.25, 0.3) is 0 Å². The minimum Gasteiger partial charge on any atom is -0.364 e. The van der Waals surface area contributed by atoms with Crippen LogP contribution in [0.1, 0.15) is 29.6 Å². The van der Waals surface area contributed by atoms with Crippen molar-refractivity contribution in [1.29, 1.82) is 0 Å². The molecule has 2 amide bonds. The Morgan fingerprint density at radius 3 is 2.67 bits per heavy atom. The fourth-order valence-corrected chi connectivity index (χ4v) is 2.82. The zero-order chi connectivity index (χ0) is 16.7. The van der Waals surface area contributed by atoms with Crippen molar-refractivity contribution >= 4 is 40.2 Å². The summed E-state index contributed by atoms with van der Waals surface area (Å²) in [7, 11) is 0. The van der Waals surface area contributed by atoms with Gasteiger partial charge in [-0.05, 0) is 37.5 Å². The second-order valence-corrected chi connectivity index (χ2v) is 6.39. The number of carbonyl (C=O) groups is 2. The molecule has 0 radical (unpaired) electrons.